The van der Waals surface area contributed by atoms with Crippen LogP contribution in [0.1, 0.15) is 31.9 Å². The second kappa shape index (κ2) is 13.6. The summed E-state index contributed by atoms with van der Waals surface area (Å²) in [4.78, 5) is 25.8. The number of rotatable bonds is 11. The summed E-state index contributed by atoms with van der Waals surface area (Å²) in [5.74, 6) is -1.14. The molecule has 3 aromatic rings. The molecule has 11 heteroatoms. The number of sulfonamides is 1. The van der Waals surface area contributed by atoms with Crippen LogP contribution in [-0.2, 0) is 24.3 Å². The molecular weight excluding hydrogens is 565 g/mol. The zero-order valence-corrected chi connectivity index (χ0v) is 24.5. The van der Waals surface area contributed by atoms with Gasteiger partial charge in [0.05, 0.1) is 17.5 Å². The van der Waals surface area contributed by atoms with Crippen molar-refractivity contribution in [2.75, 3.05) is 18.9 Å². The second-order valence-electron chi connectivity index (χ2n) is 10.1. The van der Waals surface area contributed by atoms with Gasteiger partial charge in [-0.25, -0.2) is 12.8 Å². The van der Waals surface area contributed by atoms with Crippen LogP contribution in [0.5, 0.6) is 0 Å². The Bertz CT molecular complexity index is 1440. The Hall–Kier alpha value is -3.25. The lowest BCUT2D eigenvalue weighted by Gasteiger charge is -2.26. The van der Waals surface area contributed by atoms with E-state index in [2.05, 4.69) is 5.32 Å². The fraction of sp³-hybridized carbons (Fsp3) is 0.333. The number of esters is 1. The molecule has 4 rings (SSSR count). The number of hydrogen-bond acceptors (Lipinski definition) is 7. The second-order valence-corrected chi connectivity index (χ2v) is 13.1. The first-order valence-electron chi connectivity index (χ1n) is 13.3. The third-order valence-electron chi connectivity index (χ3n) is 6.87. The van der Waals surface area contributed by atoms with E-state index in [-0.39, 0.29) is 30.4 Å². The molecule has 0 saturated carbocycles. The van der Waals surface area contributed by atoms with E-state index in [1.54, 1.807) is 24.3 Å². The Balaban J connectivity index is 1.48. The fourth-order valence-corrected chi connectivity index (χ4v) is 7.48. The summed E-state index contributed by atoms with van der Waals surface area (Å²) < 4.78 is 47.3. The summed E-state index contributed by atoms with van der Waals surface area (Å²) in [6.07, 6.45) is 0.193. The number of nitrogens with one attached hydrogen (secondary N) is 1. The number of ether oxygens (including phenoxy) is 1. The molecule has 1 amide bonds. The predicted octanol–water partition coefficient (Wildman–Crippen LogP) is 4.33. The van der Waals surface area contributed by atoms with Gasteiger partial charge in [0.25, 0.3) is 0 Å². The number of hydrogen-bond donors (Lipinski definition) is 2. The molecule has 2 unspecified atom stereocenters. The van der Waals surface area contributed by atoms with Crippen molar-refractivity contribution < 1.29 is 27.1 Å². The van der Waals surface area contributed by atoms with Crippen LogP contribution in [0, 0.1) is 11.7 Å². The molecule has 0 aromatic heterocycles. The van der Waals surface area contributed by atoms with Crippen LogP contribution in [0.15, 0.2) is 83.8 Å². The molecule has 1 heterocycles. The van der Waals surface area contributed by atoms with E-state index in [4.69, 9.17) is 10.5 Å². The molecule has 218 valence electrons. The maximum Gasteiger partial charge on any atom is 0.323 e. The van der Waals surface area contributed by atoms with E-state index in [0.29, 0.717) is 11.3 Å². The van der Waals surface area contributed by atoms with Gasteiger partial charge in [-0.1, -0.05) is 68.4 Å². The predicted molar refractivity (Wildman–Crippen MR) is 158 cm³/mol. The average molecular weight is 600 g/mol. The molecule has 0 aliphatic carbocycles. The van der Waals surface area contributed by atoms with Gasteiger partial charge in [0, 0.05) is 18.7 Å². The first-order chi connectivity index (χ1) is 19.6. The quantitative estimate of drug-likeness (QED) is 0.315. The molecule has 3 N–H and O–H groups in total. The van der Waals surface area contributed by atoms with Crippen molar-refractivity contribution in [3.63, 3.8) is 0 Å². The molecule has 1 aliphatic heterocycles. The number of amides is 1. The van der Waals surface area contributed by atoms with Gasteiger partial charge < -0.3 is 15.8 Å². The van der Waals surface area contributed by atoms with Crippen molar-refractivity contribution in [3.8, 4) is 11.1 Å². The fourth-order valence-electron chi connectivity index (χ4n) is 4.40. The molecule has 3 atom stereocenters. The summed E-state index contributed by atoms with van der Waals surface area (Å²) in [6.45, 7) is 3.76. The van der Waals surface area contributed by atoms with E-state index in [9.17, 15) is 22.4 Å². The normalized spacial score (nSPS) is 17.2. The smallest absolute Gasteiger partial charge is 0.323 e. The maximum atomic E-state index is 13.6. The minimum absolute atomic E-state index is 0.0326. The third-order valence-corrected chi connectivity index (χ3v) is 10.1. The standard InChI is InChI=1S/C30H34FN3O5S2/c1-20(2)27(32)30(36)39-18-16-26(23-8-12-24(31)13-9-23)33-28(35)29-34(17-19-40-29)41(37,38)25-14-10-22(11-15-25)21-6-4-3-5-7-21/h3-15,20,26-27,29H,16-19,32H2,1-2H3,(H,33,35)/t26?,27?,29-/m0/s1. The number of carbonyl (C=O) groups excluding carboxylic acids is 2. The number of carbonyl (C=O) groups is 2. The van der Waals surface area contributed by atoms with Crippen molar-refractivity contribution in [1.82, 2.24) is 9.62 Å². The lowest BCUT2D eigenvalue weighted by atomic mass is 10.0. The zero-order valence-electron chi connectivity index (χ0n) is 22.9. The molecule has 41 heavy (non-hydrogen) atoms. The topological polar surface area (TPSA) is 119 Å². The van der Waals surface area contributed by atoms with Crippen molar-refractivity contribution in [3.05, 3.63) is 90.2 Å². The lowest BCUT2D eigenvalue weighted by molar-refractivity contribution is -0.146. The number of halogens is 1. The Morgan fingerprint density at radius 3 is 2.29 bits per heavy atom. The van der Waals surface area contributed by atoms with Crippen LogP contribution < -0.4 is 11.1 Å². The van der Waals surface area contributed by atoms with Gasteiger partial charge in [-0.2, -0.15) is 4.31 Å². The average Bonchev–Trinajstić information content (AvgIpc) is 3.48. The molecule has 0 spiro atoms. The first-order valence-corrected chi connectivity index (χ1v) is 15.8. The molecule has 3 aromatic carbocycles. The number of thioether (sulfide) groups is 1. The summed E-state index contributed by atoms with van der Waals surface area (Å²) in [5, 5.41) is 1.90. The van der Waals surface area contributed by atoms with Gasteiger partial charge in [0.15, 0.2) is 0 Å². The molecule has 0 radical (unpaired) electrons. The van der Waals surface area contributed by atoms with Crippen LogP contribution in [0.25, 0.3) is 11.1 Å². The monoisotopic (exact) mass is 599 g/mol. The lowest BCUT2D eigenvalue weighted by Crippen LogP contribution is -2.46. The summed E-state index contributed by atoms with van der Waals surface area (Å²) >= 11 is 1.23. The Morgan fingerprint density at radius 1 is 1.02 bits per heavy atom. The largest absolute Gasteiger partial charge is 0.464 e. The van der Waals surface area contributed by atoms with Crippen LogP contribution in [0.3, 0.4) is 0 Å². The van der Waals surface area contributed by atoms with E-state index >= 15 is 0 Å². The minimum atomic E-state index is -3.96. The van der Waals surface area contributed by atoms with Crippen LogP contribution in [0.4, 0.5) is 4.39 Å². The number of nitrogens with zero attached hydrogens (tertiary/aromatic N) is 1. The molecule has 1 fully saturated rings. The summed E-state index contributed by atoms with van der Waals surface area (Å²) in [6, 6.07) is 20.4. The molecule has 1 saturated heterocycles. The van der Waals surface area contributed by atoms with Crippen LogP contribution >= 0.6 is 11.8 Å². The van der Waals surface area contributed by atoms with Crippen LogP contribution in [0.2, 0.25) is 0 Å². The highest BCUT2D eigenvalue weighted by molar-refractivity contribution is 8.02. The zero-order chi connectivity index (χ0) is 29.6. The molecular formula is C30H34FN3O5S2. The van der Waals surface area contributed by atoms with Gasteiger partial charge in [-0.3, -0.25) is 9.59 Å². The summed E-state index contributed by atoms with van der Waals surface area (Å²) in [7, 11) is -3.96. The Kier molecular flexibility index (Phi) is 10.2. The van der Waals surface area contributed by atoms with Crippen molar-refractivity contribution in [1.29, 1.82) is 0 Å². The SMILES string of the molecule is CC(C)C(N)C(=O)OCCC(NC(=O)[C@@H]1SCCN1S(=O)(=O)c1ccc(-c2ccccc2)cc1)c1ccc(F)cc1. The van der Waals surface area contributed by atoms with E-state index in [1.807, 2.05) is 44.2 Å². The Labute approximate surface area is 244 Å². The highest BCUT2D eigenvalue weighted by Crippen LogP contribution is 2.32. The van der Waals surface area contributed by atoms with Crippen molar-refractivity contribution >= 4 is 33.7 Å². The van der Waals surface area contributed by atoms with Gasteiger partial charge >= 0.3 is 5.97 Å². The van der Waals surface area contributed by atoms with Crippen LogP contribution in [-0.4, -0.2) is 54.9 Å². The van der Waals surface area contributed by atoms with Gasteiger partial charge in [0.1, 0.15) is 17.2 Å². The minimum Gasteiger partial charge on any atom is -0.464 e. The highest BCUT2D eigenvalue weighted by Gasteiger charge is 2.40. The van der Waals surface area contributed by atoms with Crippen molar-refractivity contribution in [2.45, 2.75) is 42.6 Å². The molecule has 0 bridgehead atoms. The van der Waals surface area contributed by atoms with Gasteiger partial charge in [-0.05, 0) is 46.9 Å². The van der Waals surface area contributed by atoms with Gasteiger partial charge in [0.2, 0.25) is 15.9 Å². The third kappa shape index (κ3) is 7.53. The van der Waals surface area contributed by atoms with E-state index in [1.165, 1.54) is 40.3 Å². The highest BCUT2D eigenvalue weighted by atomic mass is 32.2. The molecule has 1 aliphatic rings. The Morgan fingerprint density at radius 2 is 1.66 bits per heavy atom. The summed E-state index contributed by atoms with van der Waals surface area (Å²) in [5.41, 5.74) is 8.30. The van der Waals surface area contributed by atoms with Gasteiger partial charge in [-0.15, -0.1) is 11.8 Å². The van der Waals surface area contributed by atoms with E-state index in [0.717, 1.165) is 11.1 Å². The number of benzene rings is 3. The van der Waals surface area contributed by atoms with Crippen molar-refractivity contribution in [2.24, 2.45) is 11.7 Å². The number of nitrogens with two attached hydrogens (primary N) is 1. The molecule has 8 nitrogen and oxygen atoms in total. The van der Waals surface area contributed by atoms with E-state index < -0.39 is 45.2 Å². The maximum absolute atomic E-state index is 13.6. The first kappa shape index (κ1) is 30.7.